The smallest absolute Gasteiger partial charge is 0.116 e. The zero-order valence-corrected chi connectivity index (χ0v) is 14.9. The van der Waals surface area contributed by atoms with E-state index >= 15 is 0 Å². The van der Waals surface area contributed by atoms with Crippen molar-refractivity contribution in [1.29, 1.82) is 0 Å². The molecule has 0 aliphatic carbocycles. The molecule has 0 amide bonds. The van der Waals surface area contributed by atoms with E-state index < -0.39 is 0 Å². The Morgan fingerprint density at radius 3 is 2.33 bits per heavy atom. The molecule has 0 radical (unpaired) electrons. The standard InChI is InChI=1S/C22H24N2/c1-5-16(3)22-17(4)11-15(2)12-19(22)21-13-20(23-14-24-21)18-9-7-6-8-10-18/h6-14,16H,5H2,1-4H3. The summed E-state index contributed by atoms with van der Waals surface area (Å²) in [5.41, 5.74) is 8.35. The van der Waals surface area contributed by atoms with Crippen molar-refractivity contribution < 1.29 is 0 Å². The first-order valence-corrected chi connectivity index (χ1v) is 8.59. The Labute approximate surface area is 144 Å². The first kappa shape index (κ1) is 16.4. The number of nitrogens with zero attached hydrogens (tertiary/aromatic N) is 2. The van der Waals surface area contributed by atoms with Gasteiger partial charge in [-0.2, -0.15) is 0 Å². The van der Waals surface area contributed by atoms with Gasteiger partial charge >= 0.3 is 0 Å². The van der Waals surface area contributed by atoms with Gasteiger partial charge in [-0.15, -0.1) is 0 Å². The van der Waals surface area contributed by atoms with Gasteiger partial charge in [0, 0.05) is 11.1 Å². The summed E-state index contributed by atoms with van der Waals surface area (Å²) in [5, 5.41) is 0. The van der Waals surface area contributed by atoms with E-state index in [4.69, 9.17) is 0 Å². The van der Waals surface area contributed by atoms with E-state index in [0.29, 0.717) is 5.92 Å². The maximum absolute atomic E-state index is 4.58. The lowest BCUT2D eigenvalue weighted by atomic mass is 9.87. The fourth-order valence-corrected chi connectivity index (χ4v) is 3.32. The largest absolute Gasteiger partial charge is 0.236 e. The molecule has 1 aromatic heterocycles. The van der Waals surface area contributed by atoms with Crippen molar-refractivity contribution in [2.75, 3.05) is 0 Å². The fourth-order valence-electron chi connectivity index (χ4n) is 3.32. The van der Waals surface area contributed by atoms with Crippen LogP contribution in [0, 0.1) is 13.8 Å². The van der Waals surface area contributed by atoms with Crippen LogP contribution in [0.4, 0.5) is 0 Å². The van der Waals surface area contributed by atoms with E-state index in [-0.39, 0.29) is 0 Å². The molecule has 0 spiro atoms. The number of hydrogen-bond acceptors (Lipinski definition) is 2. The monoisotopic (exact) mass is 316 g/mol. The Bertz CT molecular complexity index is 838. The van der Waals surface area contributed by atoms with Crippen molar-refractivity contribution in [3.8, 4) is 22.5 Å². The third-order valence-electron chi connectivity index (χ3n) is 4.65. The molecule has 0 fully saturated rings. The highest BCUT2D eigenvalue weighted by molar-refractivity contribution is 5.71. The molecule has 3 aromatic rings. The zero-order valence-electron chi connectivity index (χ0n) is 14.9. The van der Waals surface area contributed by atoms with Crippen molar-refractivity contribution in [3.63, 3.8) is 0 Å². The second-order valence-corrected chi connectivity index (χ2v) is 6.51. The lowest BCUT2D eigenvalue weighted by Crippen LogP contribution is -2.01. The maximum Gasteiger partial charge on any atom is 0.116 e. The van der Waals surface area contributed by atoms with Gasteiger partial charge in [-0.25, -0.2) is 9.97 Å². The third-order valence-corrected chi connectivity index (χ3v) is 4.65. The van der Waals surface area contributed by atoms with Gasteiger partial charge in [0.25, 0.3) is 0 Å². The van der Waals surface area contributed by atoms with Crippen LogP contribution >= 0.6 is 0 Å². The molecule has 24 heavy (non-hydrogen) atoms. The van der Waals surface area contributed by atoms with Crippen LogP contribution in [0.3, 0.4) is 0 Å². The molecule has 2 nitrogen and oxygen atoms in total. The van der Waals surface area contributed by atoms with Crippen molar-refractivity contribution in [3.05, 3.63) is 71.5 Å². The van der Waals surface area contributed by atoms with Crippen LogP contribution in [0.5, 0.6) is 0 Å². The van der Waals surface area contributed by atoms with Gasteiger partial charge in [0.15, 0.2) is 0 Å². The number of benzene rings is 2. The summed E-state index contributed by atoms with van der Waals surface area (Å²) in [4.78, 5) is 9.05. The number of aromatic nitrogens is 2. The molecule has 1 unspecified atom stereocenters. The van der Waals surface area contributed by atoms with Crippen LogP contribution in [-0.4, -0.2) is 9.97 Å². The van der Waals surface area contributed by atoms with E-state index in [2.05, 4.69) is 68.0 Å². The number of aryl methyl sites for hydroxylation is 2. The molecule has 2 aromatic carbocycles. The first-order chi connectivity index (χ1) is 11.6. The molecule has 0 saturated heterocycles. The molecule has 2 heteroatoms. The van der Waals surface area contributed by atoms with E-state index in [0.717, 1.165) is 23.4 Å². The van der Waals surface area contributed by atoms with Crippen LogP contribution in [0.2, 0.25) is 0 Å². The fraction of sp³-hybridized carbons (Fsp3) is 0.273. The van der Waals surface area contributed by atoms with E-state index in [9.17, 15) is 0 Å². The van der Waals surface area contributed by atoms with Crippen LogP contribution in [-0.2, 0) is 0 Å². The van der Waals surface area contributed by atoms with Crippen molar-refractivity contribution in [1.82, 2.24) is 9.97 Å². The average Bonchev–Trinajstić information content (AvgIpc) is 2.61. The summed E-state index contributed by atoms with van der Waals surface area (Å²) in [6.45, 7) is 8.89. The second kappa shape index (κ2) is 6.96. The predicted molar refractivity (Wildman–Crippen MR) is 101 cm³/mol. The minimum atomic E-state index is 0.510. The summed E-state index contributed by atoms with van der Waals surface area (Å²) in [5.74, 6) is 0.510. The Morgan fingerprint density at radius 2 is 1.62 bits per heavy atom. The molecule has 0 bridgehead atoms. The first-order valence-electron chi connectivity index (χ1n) is 8.59. The average molecular weight is 316 g/mol. The van der Waals surface area contributed by atoms with Gasteiger partial charge in [0.1, 0.15) is 6.33 Å². The quantitative estimate of drug-likeness (QED) is 0.595. The zero-order chi connectivity index (χ0) is 17.1. The van der Waals surface area contributed by atoms with Crippen LogP contribution in [0.25, 0.3) is 22.5 Å². The Kier molecular flexibility index (Phi) is 4.75. The van der Waals surface area contributed by atoms with Crippen LogP contribution in [0.1, 0.15) is 42.9 Å². The normalized spacial score (nSPS) is 12.2. The van der Waals surface area contributed by atoms with E-state index in [1.165, 1.54) is 22.3 Å². The Hall–Kier alpha value is -2.48. The molecule has 3 rings (SSSR count). The minimum Gasteiger partial charge on any atom is -0.236 e. The molecular formula is C22H24N2. The van der Waals surface area contributed by atoms with E-state index in [1.54, 1.807) is 6.33 Å². The SMILES string of the molecule is CCC(C)c1c(C)cc(C)cc1-c1cc(-c2ccccc2)ncn1. The van der Waals surface area contributed by atoms with Gasteiger partial charge in [0.2, 0.25) is 0 Å². The molecular weight excluding hydrogens is 292 g/mol. The number of hydrogen-bond donors (Lipinski definition) is 0. The molecule has 0 saturated carbocycles. The highest BCUT2D eigenvalue weighted by Gasteiger charge is 2.16. The lowest BCUT2D eigenvalue weighted by Gasteiger charge is -2.19. The number of rotatable bonds is 4. The molecule has 0 aliphatic heterocycles. The Balaban J connectivity index is 2.16. The molecule has 0 aliphatic rings. The van der Waals surface area contributed by atoms with Gasteiger partial charge in [-0.05, 0) is 49.4 Å². The third kappa shape index (κ3) is 3.23. The highest BCUT2D eigenvalue weighted by Crippen LogP contribution is 2.34. The van der Waals surface area contributed by atoms with Gasteiger partial charge < -0.3 is 0 Å². The molecule has 1 heterocycles. The van der Waals surface area contributed by atoms with Crippen molar-refractivity contribution >= 4 is 0 Å². The minimum absolute atomic E-state index is 0.510. The Morgan fingerprint density at radius 1 is 0.917 bits per heavy atom. The summed E-state index contributed by atoms with van der Waals surface area (Å²) < 4.78 is 0. The summed E-state index contributed by atoms with van der Waals surface area (Å²) >= 11 is 0. The predicted octanol–water partition coefficient (Wildman–Crippen LogP) is 5.94. The van der Waals surface area contributed by atoms with Crippen molar-refractivity contribution in [2.45, 2.75) is 40.0 Å². The molecule has 122 valence electrons. The van der Waals surface area contributed by atoms with E-state index in [1.807, 2.05) is 18.2 Å². The topological polar surface area (TPSA) is 25.8 Å². The highest BCUT2D eigenvalue weighted by atomic mass is 14.8. The van der Waals surface area contributed by atoms with Crippen LogP contribution < -0.4 is 0 Å². The van der Waals surface area contributed by atoms with Crippen molar-refractivity contribution in [2.24, 2.45) is 0 Å². The van der Waals surface area contributed by atoms with Gasteiger partial charge in [0.05, 0.1) is 11.4 Å². The molecule has 1 atom stereocenters. The molecule has 0 N–H and O–H groups in total. The summed E-state index contributed by atoms with van der Waals surface area (Å²) in [6, 6.07) is 16.9. The maximum atomic E-state index is 4.58. The van der Waals surface area contributed by atoms with Crippen LogP contribution in [0.15, 0.2) is 54.9 Å². The van der Waals surface area contributed by atoms with Gasteiger partial charge in [-0.1, -0.05) is 55.8 Å². The summed E-state index contributed by atoms with van der Waals surface area (Å²) in [7, 11) is 0. The lowest BCUT2D eigenvalue weighted by molar-refractivity contribution is 0.729. The van der Waals surface area contributed by atoms with Gasteiger partial charge in [-0.3, -0.25) is 0 Å². The summed E-state index contributed by atoms with van der Waals surface area (Å²) in [6.07, 6.45) is 2.79. The second-order valence-electron chi connectivity index (χ2n) is 6.51.